The molecule has 3 nitrogen and oxygen atoms in total. The fourth-order valence-electron chi connectivity index (χ4n) is 11.6. The van der Waals surface area contributed by atoms with E-state index in [0.29, 0.717) is 0 Å². The lowest BCUT2D eigenvalue weighted by molar-refractivity contribution is 0.660. The Bertz CT molecular complexity index is 4170. The Kier molecular flexibility index (Phi) is 9.42. The summed E-state index contributed by atoms with van der Waals surface area (Å²) in [5, 5.41) is 7.58. The molecule has 0 N–H and O–H groups in total. The fraction of sp³-hybridized carbons (Fsp3) is 0.0448. The Morgan fingerprint density at radius 2 is 0.944 bits per heavy atom. The van der Waals surface area contributed by atoms with Gasteiger partial charge in [-0.25, -0.2) is 0 Å². The Morgan fingerprint density at radius 3 is 1.72 bits per heavy atom. The minimum atomic E-state index is -0.175. The molecule has 0 atom stereocenters. The summed E-state index contributed by atoms with van der Waals surface area (Å²) in [6, 6.07) is 91.9. The van der Waals surface area contributed by atoms with Crippen molar-refractivity contribution in [1.29, 1.82) is 0 Å². The van der Waals surface area contributed by atoms with E-state index in [9.17, 15) is 0 Å². The number of anilines is 6. The van der Waals surface area contributed by atoms with Crippen molar-refractivity contribution in [2.75, 3.05) is 9.80 Å². The van der Waals surface area contributed by atoms with Gasteiger partial charge in [0.25, 0.3) is 0 Å². The normalized spacial score (nSPS) is 12.8. The summed E-state index contributed by atoms with van der Waals surface area (Å²) in [6.45, 7) is 4.75. The van der Waals surface area contributed by atoms with E-state index in [1.807, 2.05) is 11.3 Å². The van der Waals surface area contributed by atoms with Gasteiger partial charge in [-0.1, -0.05) is 166 Å². The van der Waals surface area contributed by atoms with Crippen LogP contribution in [0.5, 0.6) is 0 Å². The SMILES string of the molecule is CC1(C)c2ccccc2-c2ccc(N(c3cc(-c4ccc5c6c7ccccc7ccc6n(-c6ccccc6)c5c4)cc(N(c4ccccc4)c4ccccc4)c3)c3ccc4c(c3)sc3ccccc34)cc21. The van der Waals surface area contributed by atoms with Crippen LogP contribution < -0.4 is 9.80 Å². The van der Waals surface area contributed by atoms with Gasteiger partial charge < -0.3 is 14.4 Å². The van der Waals surface area contributed by atoms with Crippen LogP contribution in [0.2, 0.25) is 0 Å². The molecule has 0 bridgehead atoms. The number of para-hydroxylation sites is 3. The molecular weight excluding hydrogens is 879 g/mol. The van der Waals surface area contributed by atoms with Crippen molar-refractivity contribution in [2.24, 2.45) is 0 Å². The van der Waals surface area contributed by atoms with Crippen LogP contribution >= 0.6 is 11.3 Å². The van der Waals surface area contributed by atoms with Crippen LogP contribution in [0.25, 0.3) is 80.7 Å². The quantitative estimate of drug-likeness (QED) is 0.150. The van der Waals surface area contributed by atoms with Crippen LogP contribution in [0.1, 0.15) is 25.0 Å². The highest BCUT2D eigenvalue weighted by Gasteiger charge is 2.36. The standard InChI is InChI=1S/C67H47N3S/c1-67(2)60-28-16-14-26-55(60)56-35-32-50(42-61(56)67)69(51-33-36-58-57-27-15-17-29-64(57)71-65(58)43-51)53-39-46(38-52(41-53)68(47-19-6-3-7-20-47)48-21-8-4-9-22-48)45-30-34-59-63(40-45)70(49-23-10-5-11-24-49)62-37-31-44-18-12-13-25-54(44)66(59)62/h3-43H,1-2H3. The molecule has 13 aromatic rings. The molecule has 2 aromatic heterocycles. The van der Waals surface area contributed by atoms with Gasteiger partial charge in [-0.05, 0) is 141 Å². The highest BCUT2D eigenvalue weighted by molar-refractivity contribution is 7.25. The maximum atomic E-state index is 2.50. The smallest absolute Gasteiger partial charge is 0.0547 e. The third-order valence-corrected chi connectivity index (χ3v) is 16.0. The first-order valence-corrected chi connectivity index (χ1v) is 25.3. The predicted octanol–water partition coefficient (Wildman–Crippen LogP) is 19.2. The highest BCUT2D eigenvalue weighted by Crippen LogP contribution is 2.52. The second-order valence-electron chi connectivity index (χ2n) is 19.3. The zero-order chi connectivity index (χ0) is 47.2. The molecule has 14 rings (SSSR count). The number of nitrogens with zero attached hydrogens (tertiary/aromatic N) is 3. The number of fused-ring (bicyclic) bond motifs is 11. The molecule has 336 valence electrons. The maximum Gasteiger partial charge on any atom is 0.0547 e. The average Bonchev–Trinajstić information content (AvgIpc) is 4.04. The van der Waals surface area contributed by atoms with Gasteiger partial charge in [-0.3, -0.25) is 0 Å². The molecule has 0 amide bonds. The van der Waals surface area contributed by atoms with Crippen molar-refractivity contribution < 1.29 is 0 Å². The lowest BCUT2D eigenvalue weighted by atomic mass is 9.82. The van der Waals surface area contributed by atoms with Gasteiger partial charge in [0.1, 0.15) is 0 Å². The number of hydrogen-bond acceptors (Lipinski definition) is 3. The van der Waals surface area contributed by atoms with Gasteiger partial charge in [0.15, 0.2) is 0 Å². The highest BCUT2D eigenvalue weighted by atomic mass is 32.1. The Morgan fingerprint density at radius 1 is 0.352 bits per heavy atom. The molecule has 0 fully saturated rings. The van der Waals surface area contributed by atoms with Crippen molar-refractivity contribution in [1.82, 2.24) is 4.57 Å². The second-order valence-corrected chi connectivity index (χ2v) is 20.4. The minimum absolute atomic E-state index is 0.175. The van der Waals surface area contributed by atoms with Gasteiger partial charge in [-0.15, -0.1) is 11.3 Å². The van der Waals surface area contributed by atoms with E-state index in [4.69, 9.17) is 0 Å². The van der Waals surface area contributed by atoms with E-state index in [1.54, 1.807) is 0 Å². The molecule has 2 heterocycles. The van der Waals surface area contributed by atoms with Crippen LogP contribution in [0.3, 0.4) is 0 Å². The molecule has 71 heavy (non-hydrogen) atoms. The largest absolute Gasteiger partial charge is 0.310 e. The fourth-order valence-corrected chi connectivity index (χ4v) is 12.7. The van der Waals surface area contributed by atoms with E-state index in [-0.39, 0.29) is 5.41 Å². The summed E-state index contributed by atoms with van der Waals surface area (Å²) < 4.78 is 5.01. The Labute approximate surface area is 417 Å². The van der Waals surface area contributed by atoms with Crippen molar-refractivity contribution in [2.45, 2.75) is 19.3 Å². The van der Waals surface area contributed by atoms with Gasteiger partial charge in [0.05, 0.1) is 11.0 Å². The van der Waals surface area contributed by atoms with Gasteiger partial charge in [-0.2, -0.15) is 0 Å². The van der Waals surface area contributed by atoms with Crippen molar-refractivity contribution in [3.05, 3.63) is 260 Å². The molecule has 11 aromatic carbocycles. The summed E-state index contributed by atoms with van der Waals surface area (Å²) in [5.41, 5.74) is 17.4. The molecule has 0 aliphatic heterocycles. The van der Waals surface area contributed by atoms with E-state index in [2.05, 4.69) is 277 Å². The van der Waals surface area contributed by atoms with Crippen LogP contribution in [-0.4, -0.2) is 4.57 Å². The van der Waals surface area contributed by atoms with Crippen LogP contribution in [0.15, 0.2) is 249 Å². The van der Waals surface area contributed by atoms with Crippen molar-refractivity contribution >= 4 is 98.2 Å². The van der Waals surface area contributed by atoms with E-state index < -0.39 is 0 Å². The van der Waals surface area contributed by atoms with Crippen LogP contribution in [0.4, 0.5) is 34.1 Å². The molecule has 0 saturated carbocycles. The summed E-state index contributed by atoms with van der Waals surface area (Å²) in [7, 11) is 0. The molecule has 4 heteroatoms. The van der Waals surface area contributed by atoms with Gasteiger partial charge in [0.2, 0.25) is 0 Å². The molecule has 1 aliphatic rings. The summed E-state index contributed by atoms with van der Waals surface area (Å²) >= 11 is 1.86. The third kappa shape index (κ3) is 6.63. The summed E-state index contributed by atoms with van der Waals surface area (Å²) in [5.74, 6) is 0. The first-order chi connectivity index (χ1) is 35.0. The zero-order valence-electron chi connectivity index (χ0n) is 39.4. The molecule has 0 unspecified atom stereocenters. The summed E-state index contributed by atoms with van der Waals surface area (Å²) in [6.07, 6.45) is 0. The lowest BCUT2D eigenvalue weighted by Crippen LogP contribution is -2.17. The first-order valence-electron chi connectivity index (χ1n) is 24.5. The predicted molar refractivity (Wildman–Crippen MR) is 304 cm³/mol. The number of benzene rings is 11. The maximum absolute atomic E-state index is 2.50. The first kappa shape index (κ1) is 41.3. The van der Waals surface area contributed by atoms with E-state index in [0.717, 1.165) is 50.9 Å². The van der Waals surface area contributed by atoms with E-state index >= 15 is 0 Å². The molecule has 0 radical (unpaired) electrons. The molecule has 0 spiro atoms. The number of hydrogen-bond donors (Lipinski definition) is 0. The van der Waals surface area contributed by atoms with Crippen LogP contribution in [0, 0.1) is 0 Å². The number of thiophene rings is 1. The van der Waals surface area contributed by atoms with Gasteiger partial charge >= 0.3 is 0 Å². The summed E-state index contributed by atoms with van der Waals surface area (Å²) in [4.78, 5) is 4.89. The Balaban J connectivity index is 1.05. The monoisotopic (exact) mass is 925 g/mol. The van der Waals surface area contributed by atoms with E-state index in [1.165, 1.54) is 75.0 Å². The average molecular weight is 926 g/mol. The van der Waals surface area contributed by atoms with Crippen molar-refractivity contribution in [3.8, 4) is 27.9 Å². The second kappa shape index (κ2) is 16.2. The third-order valence-electron chi connectivity index (χ3n) is 14.9. The van der Waals surface area contributed by atoms with Crippen molar-refractivity contribution in [3.63, 3.8) is 0 Å². The number of rotatable bonds is 8. The van der Waals surface area contributed by atoms with Gasteiger partial charge in [0, 0.05) is 76.2 Å². The Hall–Kier alpha value is -8.70. The topological polar surface area (TPSA) is 11.4 Å². The lowest BCUT2D eigenvalue weighted by Gasteiger charge is -2.31. The molecule has 1 aliphatic carbocycles. The minimum Gasteiger partial charge on any atom is -0.310 e. The van der Waals surface area contributed by atoms with Crippen LogP contribution in [-0.2, 0) is 5.41 Å². The number of aromatic nitrogens is 1. The molecule has 0 saturated heterocycles. The zero-order valence-corrected chi connectivity index (χ0v) is 40.2. The molecular formula is C67H47N3S.